The number of carbonyl (C=O) groups is 3. The number of piperidine rings is 1. The Bertz CT molecular complexity index is 804. The minimum Gasteiger partial charge on any atom is -0.493 e. The first kappa shape index (κ1) is 18.8. The van der Waals surface area contributed by atoms with Crippen molar-refractivity contribution in [1.29, 1.82) is 0 Å². The van der Waals surface area contributed by atoms with Crippen molar-refractivity contribution in [3.8, 4) is 11.5 Å². The Morgan fingerprint density at radius 2 is 1.82 bits per heavy atom. The van der Waals surface area contributed by atoms with Crippen molar-refractivity contribution in [3.05, 3.63) is 18.2 Å². The van der Waals surface area contributed by atoms with Crippen LogP contribution in [0.1, 0.15) is 32.1 Å². The van der Waals surface area contributed by atoms with Crippen LogP contribution >= 0.6 is 0 Å². The van der Waals surface area contributed by atoms with E-state index in [0.717, 1.165) is 12.8 Å². The Balaban J connectivity index is 1.50. The number of ketones is 1. The minimum absolute atomic E-state index is 0.0146. The number of amides is 2. The van der Waals surface area contributed by atoms with Gasteiger partial charge in [0.15, 0.2) is 11.5 Å². The summed E-state index contributed by atoms with van der Waals surface area (Å²) in [5, 5.41) is 0. The number of likely N-dealkylation sites (tertiary alicyclic amines) is 1. The van der Waals surface area contributed by atoms with Crippen molar-refractivity contribution in [1.82, 2.24) is 4.90 Å². The monoisotopic (exact) mass is 386 g/mol. The summed E-state index contributed by atoms with van der Waals surface area (Å²) in [6, 6.07) is 5.35. The maximum absolute atomic E-state index is 13.2. The van der Waals surface area contributed by atoms with Crippen LogP contribution in [0, 0.1) is 11.8 Å². The van der Waals surface area contributed by atoms with Crippen LogP contribution in [-0.2, 0) is 14.4 Å². The average molecular weight is 386 g/mol. The van der Waals surface area contributed by atoms with Crippen molar-refractivity contribution in [3.63, 3.8) is 0 Å². The highest BCUT2D eigenvalue weighted by atomic mass is 16.5. The van der Waals surface area contributed by atoms with Crippen molar-refractivity contribution in [2.75, 3.05) is 32.2 Å². The molecule has 1 aliphatic carbocycles. The van der Waals surface area contributed by atoms with Gasteiger partial charge in [0.2, 0.25) is 11.8 Å². The summed E-state index contributed by atoms with van der Waals surface area (Å²) < 4.78 is 10.6. The molecule has 2 heterocycles. The predicted octanol–water partition coefficient (Wildman–Crippen LogP) is 2.03. The minimum atomic E-state index is -0.366. The highest BCUT2D eigenvalue weighted by Gasteiger charge is 2.45. The number of methoxy groups -OCH3 is 2. The molecule has 2 unspecified atom stereocenters. The van der Waals surface area contributed by atoms with Gasteiger partial charge < -0.3 is 19.3 Å². The van der Waals surface area contributed by atoms with Crippen LogP contribution in [0.4, 0.5) is 5.69 Å². The van der Waals surface area contributed by atoms with Gasteiger partial charge in [-0.2, -0.15) is 0 Å². The van der Waals surface area contributed by atoms with Crippen LogP contribution in [0.3, 0.4) is 0 Å². The molecule has 4 rings (SSSR count). The molecule has 2 saturated heterocycles. The van der Waals surface area contributed by atoms with Crippen LogP contribution in [0.15, 0.2) is 18.2 Å². The quantitative estimate of drug-likeness (QED) is 0.774. The Kier molecular flexibility index (Phi) is 5.00. The molecular weight excluding hydrogens is 360 g/mol. The second-order valence-electron chi connectivity index (χ2n) is 7.87. The first-order valence-electron chi connectivity index (χ1n) is 9.86. The van der Waals surface area contributed by atoms with Crippen LogP contribution in [0.5, 0.6) is 11.5 Å². The van der Waals surface area contributed by atoms with E-state index in [2.05, 4.69) is 0 Å². The van der Waals surface area contributed by atoms with Gasteiger partial charge in [-0.25, -0.2) is 0 Å². The molecule has 28 heavy (non-hydrogen) atoms. The maximum Gasteiger partial charge on any atom is 0.228 e. The van der Waals surface area contributed by atoms with E-state index in [-0.39, 0.29) is 36.0 Å². The molecule has 3 aliphatic rings. The van der Waals surface area contributed by atoms with Gasteiger partial charge in [-0.15, -0.1) is 0 Å². The smallest absolute Gasteiger partial charge is 0.228 e. The Morgan fingerprint density at radius 3 is 2.50 bits per heavy atom. The molecule has 2 atom stereocenters. The molecule has 1 aromatic rings. The zero-order valence-electron chi connectivity index (χ0n) is 16.3. The zero-order chi connectivity index (χ0) is 19.8. The first-order chi connectivity index (χ1) is 13.5. The van der Waals surface area contributed by atoms with Crippen LogP contribution in [-0.4, -0.2) is 55.8 Å². The average Bonchev–Trinajstić information content (AvgIpc) is 3.48. The molecule has 150 valence electrons. The van der Waals surface area contributed by atoms with Gasteiger partial charge in [-0.05, 0) is 30.9 Å². The van der Waals surface area contributed by atoms with Crippen molar-refractivity contribution in [2.24, 2.45) is 11.8 Å². The fraction of sp³-hybridized carbons (Fsp3) is 0.571. The molecular formula is C21H26N2O5. The lowest BCUT2D eigenvalue weighted by molar-refractivity contribution is -0.142. The molecule has 7 heteroatoms. The third kappa shape index (κ3) is 3.45. The summed E-state index contributed by atoms with van der Waals surface area (Å²) >= 11 is 0. The molecule has 1 saturated carbocycles. The topological polar surface area (TPSA) is 76.2 Å². The number of benzene rings is 1. The summed E-state index contributed by atoms with van der Waals surface area (Å²) in [4.78, 5) is 41.2. The third-order valence-corrected chi connectivity index (χ3v) is 6.07. The summed E-state index contributed by atoms with van der Waals surface area (Å²) in [5.74, 6) is 1.42. The van der Waals surface area contributed by atoms with Gasteiger partial charge in [0.1, 0.15) is 5.78 Å². The van der Waals surface area contributed by atoms with Gasteiger partial charge in [-0.3, -0.25) is 14.4 Å². The van der Waals surface area contributed by atoms with E-state index < -0.39 is 0 Å². The lowest BCUT2D eigenvalue weighted by atomic mass is 9.94. The molecule has 3 fully saturated rings. The van der Waals surface area contributed by atoms with Gasteiger partial charge in [0.05, 0.1) is 20.1 Å². The van der Waals surface area contributed by atoms with E-state index >= 15 is 0 Å². The van der Waals surface area contributed by atoms with Crippen LogP contribution < -0.4 is 14.4 Å². The number of Topliss-reactive ketones (excluding diaryl/α,β-unsaturated/α-hetero) is 1. The standard InChI is InChI=1S/C21H26N2O5/c1-27-18-6-5-15(10-19(18)28-2)23-12-14(9-20(23)25)21(26)22-8-7-16(24)11-17(22)13-3-4-13/h5-6,10,13-14,17H,3-4,7-9,11-12H2,1-2H3. The van der Waals surface area contributed by atoms with E-state index in [1.807, 2.05) is 4.90 Å². The lowest BCUT2D eigenvalue weighted by Gasteiger charge is -2.36. The molecule has 2 aliphatic heterocycles. The summed E-state index contributed by atoms with van der Waals surface area (Å²) in [5.41, 5.74) is 0.700. The normalized spacial score (nSPS) is 25.2. The van der Waals surface area contributed by atoms with Crippen LogP contribution in [0.2, 0.25) is 0 Å². The molecule has 0 aromatic heterocycles. The number of rotatable bonds is 5. The lowest BCUT2D eigenvalue weighted by Crippen LogP contribution is -2.50. The number of hydrogen-bond acceptors (Lipinski definition) is 5. The fourth-order valence-electron chi connectivity index (χ4n) is 4.38. The Hall–Kier alpha value is -2.57. The number of ether oxygens (including phenoxy) is 2. The molecule has 0 radical (unpaired) electrons. The largest absolute Gasteiger partial charge is 0.493 e. The second kappa shape index (κ2) is 7.45. The molecule has 1 aromatic carbocycles. The van der Waals surface area contributed by atoms with Gasteiger partial charge in [-0.1, -0.05) is 0 Å². The number of carbonyl (C=O) groups excluding carboxylic acids is 3. The Morgan fingerprint density at radius 1 is 1.07 bits per heavy atom. The SMILES string of the molecule is COc1ccc(N2CC(C(=O)N3CCC(=O)CC3C3CC3)CC2=O)cc1OC. The Labute approximate surface area is 164 Å². The second-order valence-corrected chi connectivity index (χ2v) is 7.87. The van der Waals surface area contributed by atoms with E-state index in [1.165, 1.54) is 0 Å². The molecule has 0 bridgehead atoms. The maximum atomic E-state index is 13.2. The summed E-state index contributed by atoms with van der Waals surface area (Å²) in [6.07, 6.45) is 3.27. The number of anilines is 1. The predicted molar refractivity (Wildman–Crippen MR) is 102 cm³/mol. The van der Waals surface area contributed by atoms with Gasteiger partial charge >= 0.3 is 0 Å². The number of hydrogen-bond donors (Lipinski definition) is 0. The molecule has 7 nitrogen and oxygen atoms in total. The van der Waals surface area contributed by atoms with E-state index in [0.29, 0.717) is 49.0 Å². The van der Waals surface area contributed by atoms with Crippen molar-refractivity contribution < 1.29 is 23.9 Å². The van der Waals surface area contributed by atoms with E-state index in [9.17, 15) is 14.4 Å². The van der Waals surface area contributed by atoms with E-state index in [4.69, 9.17) is 9.47 Å². The summed E-state index contributed by atoms with van der Waals surface area (Å²) in [6.45, 7) is 0.842. The highest BCUT2D eigenvalue weighted by molar-refractivity contribution is 6.00. The molecule has 0 N–H and O–H groups in total. The van der Waals surface area contributed by atoms with Crippen LogP contribution in [0.25, 0.3) is 0 Å². The molecule has 2 amide bonds. The van der Waals surface area contributed by atoms with Crippen molar-refractivity contribution in [2.45, 2.75) is 38.1 Å². The first-order valence-corrected chi connectivity index (χ1v) is 9.86. The van der Waals surface area contributed by atoms with E-state index in [1.54, 1.807) is 37.3 Å². The zero-order valence-corrected chi connectivity index (χ0v) is 16.3. The third-order valence-electron chi connectivity index (χ3n) is 6.07. The van der Waals surface area contributed by atoms with Crippen molar-refractivity contribution >= 4 is 23.3 Å². The van der Waals surface area contributed by atoms with Gasteiger partial charge in [0.25, 0.3) is 0 Å². The fourth-order valence-corrected chi connectivity index (χ4v) is 4.38. The summed E-state index contributed by atoms with van der Waals surface area (Å²) in [7, 11) is 3.11. The molecule has 0 spiro atoms. The van der Waals surface area contributed by atoms with Gasteiger partial charge in [0, 0.05) is 50.1 Å². The highest BCUT2D eigenvalue weighted by Crippen LogP contribution is 2.40. The number of nitrogens with zero attached hydrogens (tertiary/aromatic N) is 2.